The van der Waals surface area contributed by atoms with Crippen LogP contribution in [0.15, 0.2) is 65.3 Å². The quantitative estimate of drug-likeness (QED) is 0.748. The molecule has 21 heavy (non-hydrogen) atoms. The van der Waals surface area contributed by atoms with Crippen molar-refractivity contribution in [2.75, 3.05) is 11.1 Å². The van der Waals surface area contributed by atoms with Crippen molar-refractivity contribution < 1.29 is 0 Å². The van der Waals surface area contributed by atoms with E-state index in [0.29, 0.717) is 11.8 Å². The molecule has 0 atom stereocenters. The second-order valence-electron chi connectivity index (χ2n) is 4.49. The predicted octanol–water partition coefficient (Wildman–Crippen LogP) is 4.23. The van der Waals surface area contributed by atoms with Crippen LogP contribution in [0.5, 0.6) is 0 Å². The summed E-state index contributed by atoms with van der Waals surface area (Å²) in [4.78, 5) is 8.64. The second-order valence-corrected chi connectivity index (χ2v) is 5.41. The molecule has 0 aliphatic rings. The van der Waals surface area contributed by atoms with Crippen LogP contribution < -0.4 is 11.1 Å². The summed E-state index contributed by atoms with van der Waals surface area (Å²) in [6.07, 6.45) is 1.73. The highest BCUT2D eigenvalue weighted by Gasteiger charge is 2.07. The van der Waals surface area contributed by atoms with Crippen molar-refractivity contribution in [1.29, 1.82) is 0 Å². The maximum atomic E-state index is 6.05. The molecule has 2 aromatic carbocycles. The van der Waals surface area contributed by atoms with Gasteiger partial charge in [-0.3, -0.25) is 0 Å². The van der Waals surface area contributed by atoms with E-state index in [-0.39, 0.29) is 0 Å². The van der Waals surface area contributed by atoms with Gasteiger partial charge >= 0.3 is 0 Å². The number of rotatable bonds is 3. The van der Waals surface area contributed by atoms with Crippen LogP contribution >= 0.6 is 15.9 Å². The summed E-state index contributed by atoms with van der Waals surface area (Å²) in [6.45, 7) is 0. The van der Waals surface area contributed by atoms with E-state index < -0.39 is 0 Å². The number of benzene rings is 2. The molecule has 0 saturated heterocycles. The van der Waals surface area contributed by atoms with Crippen LogP contribution in [0.3, 0.4) is 0 Å². The Morgan fingerprint density at radius 3 is 2.52 bits per heavy atom. The molecule has 0 bridgehead atoms. The molecule has 1 aromatic heterocycles. The van der Waals surface area contributed by atoms with Gasteiger partial charge in [0.2, 0.25) is 5.95 Å². The number of nitrogens with two attached hydrogens (primary N) is 1. The van der Waals surface area contributed by atoms with Crippen molar-refractivity contribution >= 4 is 33.4 Å². The molecule has 0 aliphatic carbocycles. The normalized spacial score (nSPS) is 10.3. The molecule has 5 heteroatoms. The average molecular weight is 341 g/mol. The molecule has 0 radical (unpaired) electrons. The summed E-state index contributed by atoms with van der Waals surface area (Å²) in [7, 11) is 0. The third-order valence-electron chi connectivity index (χ3n) is 2.98. The summed E-state index contributed by atoms with van der Waals surface area (Å²) in [5.74, 6) is 0.930. The molecule has 0 fully saturated rings. The largest absolute Gasteiger partial charge is 0.383 e. The van der Waals surface area contributed by atoms with E-state index in [2.05, 4.69) is 31.2 Å². The number of anilines is 3. The summed E-state index contributed by atoms with van der Waals surface area (Å²) < 4.78 is 0.992. The molecule has 0 unspecified atom stereocenters. The molecule has 4 nitrogen and oxygen atoms in total. The Balaban J connectivity index is 1.90. The Bertz CT molecular complexity index is 759. The molecule has 0 spiro atoms. The van der Waals surface area contributed by atoms with Gasteiger partial charge in [0.05, 0.1) is 0 Å². The summed E-state index contributed by atoms with van der Waals surface area (Å²) in [5, 5.41) is 3.12. The van der Waals surface area contributed by atoms with Crippen molar-refractivity contribution in [2.45, 2.75) is 0 Å². The molecule has 0 amide bonds. The molecule has 1 heterocycles. The van der Waals surface area contributed by atoms with E-state index in [4.69, 9.17) is 5.73 Å². The van der Waals surface area contributed by atoms with Crippen molar-refractivity contribution in [2.24, 2.45) is 0 Å². The fraction of sp³-hybridized carbons (Fsp3) is 0. The zero-order valence-corrected chi connectivity index (χ0v) is 12.7. The highest BCUT2D eigenvalue weighted by Crippen LogP contribution is 2.27. The molecule has 0 saturated carbocycles. The minimum atomic E-state index is 0.446. The predicted molar refractivity (Wildman–Crippen MR) is 89.3 cm³/mol. The van der Waals surface area contributed by atoms with Gasteiger partial charge in [-0.05, 0) is 29.8 Å². The lowest BCUT2D eigenvalue weighted by atomic mass is 10.1. The minimum absolute atomic E-state index is 0.446. The Morgan fingerprint density at radius 1 is 1.00 bits per heavy atom. The summed E-state index contributed by atoms with van der Waals surface area (Å²) in [5.41, 5.74) is 8.77. The van der Waals surface area contributed by atoms with Gasteiger partial charge in [-0.25, -0.2) is 4.98 Å². The van der Waals surface area contributed by atoms with E-state index in [1.54, 1.807) is 6.20 Å². The van der Waals surface area contributed by atoms with Crippen LogP contribution in [0.2, 0.25) is 0 Å². The first kappa shape index (κ1) is 13.6. The van der Waals surface area contributed by atoms with Gasteiger partial charge in [-0.15, -0.1) is 0 Å². The maximum Gasteiger partial charge on any atom is 0.229 e. The van der Waals surface area contributed by atoms with Crippen molar-refractivity contribution in [3.8, 4) is 11.1 Å². The van der Waals surface area contributed by atoms with Gasteiger partial charge in [-0.2, -0.15) is 4.98 Å². The monoisotopic (exact) mass is 340 g/mol. The van der Waals surface area contributed by atoms with Crippen LogP contribution in [0.1, 0.15) is 0 Å². The highest BCUT2D eigenvalue weighted by atomic mass is 79.9. The van der Waals surface area contributed by atoms with Crippen LogP contribution in [-0.4, -0.2) is 9.97 Å². The van der Waals surface area contributed by atoms with E-state index in [1.807, 2.05) is 54.6 Å². The second kappa shape index (κ2) is 5.93. The average Bonchev–Trinajstić information content (AvgIpc) is 2.48. The first-order valence-corrected chi connectivity index (χ1v) is 7.22. The standard InChI is InChI=1S/C16H13BrN4/c17-12-6-4-5-11(9-12)14-10-19-16(21-15(14)18)20-13-7-2-1-3-8-13/h1-10H,(H3,18,19,20,21). The number of hydrogen-bond acceptors (Lipinski definition) is 4. The number of aromatic nitrogens is 2. The van der Waals surface area contributed by atoms with E-state index in [9.17, 15) is 0 Å². The molecule has 104 valence electrons. The van der Waals surface area contributed by atoms with Gasteiger partial charge in [-0.1, -0.05) is 46.3 Å². The SMILES string of the molecule is Nc1nc(Nc2ccccc2)ncc1-c1cccc(Br)c1. The fourth-order valence-electron chi connectivity index (χ4n) is 1.98. The van der Waals surface area contributed by atoms with Gasteiger partial charge in [0.15, 0.2) is 0 Å². The van der Waals surface area contributed by atoms with E-state index in [0.717, 1.165) is 21.3 Å². The zero-order chi connectivity index (χ0) is 14.7. The lowest BCUT2D eigenvalue weighted by molar-refractivity contribution is 1.18. The Kier molecular flexibility index (Phi) is 3.83. The topological polar surface area (TPSA) is 63.8 Å². The smallest absolute Gasteiger partial charge is 0.229 e. The van der Waals surface area contributed by atoms with Crippen LogP contribution in [0, 0.1) is 0 Å². The minimum Gasteiger partial charge on any atom is -0.383 e. The Labute approximate surface area is 131 Å². The molecule has 0 aliphatic heterocycles. The molecule has 3 rings (SSSR count). The maximum absolute atomic E-state index is 6.05. The number of halogens is 1. The lowest BCUT2D eigenvalue weighted by Crippen LogP contribution is -2.02. The molecule has 3 N–H and O–H groups in total. The van der Waals surface area contributed by atoms with E-state index in [1.165, 1.54) is 0 Å². The van der Waals surface area contributed by atoms with E-state index >= 15 is 0 Å². The van der Waals surface area contributed by atoms with Crippen LogP contribution in [0.25, 0.3) is 11.1 Å². The van der Waals surface area contributed by atoms with Crippen LogP contribution in [0.4, 0.5) is 17.5 Å². The third kappa shape index (κ3) is 3.20. The summed E-state index contributed by atoms with van der Waals surface area (Å²) in [6, 6.07) is 17.6. The highest BCUT2D eigenvalue weighted by molar-refractivity contribution is 9.10. The van der Waals surface area contributed by atoms with Gasteiger partial charge < -0.3 is 11.1 Å². The van der Waals surface area contributed by atoms with Gasteiger partial charge in [0.1, 0.15) is 5.82 Å². The van der Waals surface area contributed by atoms with Crippen molar-refractivity contribution in [3.63, 3.8) is 0 Å². The number of nitrogens with zero attached hydrogens (tertiary/aromatic N) is 2. The Hall–Kier alpha value is -2.40. The van der Waals surface area contributed by atoms with Crippen molar-refractivity contribution in [3.05, 3.63) is 65.3 Å². The summed E-state index contributed by atoms with van der Waals surface area (Å²) >= 11 is 3.45. The molecular formula is C16H13BrN4. The van der Waals surface area contributed by atoms with Crippen LogP contribution in [-0.2, 0) is 0 Å². The number of nitrogen functional groups attached to an aromatic ring is 1. The number of para-hydroxylation sites is 1. The lowest BCUT2D eigenvalue weighted by Gasteiger charge is -2.08. The fourth-order valence-corrected chi connectivity index (χ4v) is 2.38. The Morgan fingerprint density at radius 2 is 1.81 bits per heavy atom. The first-order valence-electron chi connectivity index (χ1n) is 6.43. The zero-order valence-electron chi connectivity index (χ0n) is 11.1. The third-order valence-corrected chi connectivity index (χ3v) is 3.48. The number of hydrogen-bond donors (Lipinski definition) is 2. The first-order chi connectivity index (χ1) is 10.2. The molecular weight excluding hydrogens is 328 g/mol. The van der Waals surface area contributed by atoms with Gasteiger partial charge in [0, 0.05) is 21.9 Å². The van der Waals surface area contributed by atoms with Gasteiger partial charge in [0.25, 0.3) is 0 Å². The molecule has 3 aromatic rings. The number of nitrogens with one attached hydrogen (secondary N) is 1. The van der Waals surface area contributed by atoms with Crippen molar-refractivity contribution in [1.82, 2.24) is 9.97 Å².